The fourth-order valence-corrected chi connectivity index (χ4v) is 5.20. The van der Waals surface area contributed by atoms with Crippen molar-refractivity contribution in [3.63, 3.8) is 0 Å². The highest BCUT2D eigenvalue weighted by atomic mass is 35.5. The molecule has 2 fully saturated rings. The minimum absolute atomic E-state index is 0.0580. The Balaban J connectivity index is 1.50. The van der Waals surface area contributed by atoms with Crippen molar-refractivity contribution < 1.29 is 4.79 Å². The zero-order chi connectivity index (χ0) is 16.7. The highest BCUT2D eigenvalue weighted by Gasteiger charge is 2.34. The molecule has 2 aliphatic rings. The van der Waals surface area contributed by atoms with Crippen LogP contribution in [0.2, 0.25) is 5.02 Å². The number of hydrogen-bond donors (Lipinski definition) is 2. The molecule has 2 saturated heterocycles. The van der Waals surface area contributed by atoms with Crippen molar-refractivity contribution in [2.24, 2.45) is 0 Å². The van der Waals surface area contributed by atoms with Gasteiger partial charge in [-0.2, -0.15) is 0 Å². The number of carbonyl (C=O) groups excluding carboxylic acids is 1. The van der Waals surface area contributed by atoms with Crippen molar-refractivity contribution in [1.82, 2.24) is 10.6 Å². The first-order valence-corrected chi connectivity index (χ1v) is 9.71. The second-order valence-corrected chi connectivity index (χ2v) is 8.40. The van der Waals surface area contributed by atoms with Gasteiger partial charge in [-0.3, -0.25) is 4.79 Å². The first-order valence-electron chi connectivity index (χ1n) is 8.52. The van der Waals surface area contributed by atoms with Crippen LogP contribution in [0, 0.1) is 6.92 Å². The molecule has 2 N–H and O–H groups in total. The molecule has 2 aliphatic heterocycles. The smallest absolute Gasteiger partial charge is 0.261 e. The van der Waals surface area contributed by atoms with Gasteiger partial charge in [-0.15, -0.1) is 11.3 Å². The maximum Gasteiger partial charge on any atom is 0.261 e. The number of carbonyl (C=O) groups is 1. The zero-order valence-electron chi connectivity index (χ0n) is 13.6. The standard InChI is InChI=1S/C19H21ClN2OS/c1-11-7-17(24-18(11)12-3-2-4-13(20)8-12)19(23)22-16-9-14-5-6-15(10-16)21-14/h2-4,7-8,14-16,21H,5-6,9-10H2,1H3,(H,22,23). The minimum Gasteiger partial charge on any atom is -0.348 e. The van der Waals surface area contributed by atoms with Crippen LogP contribution < -0.4 is 10.6 Å². The maximum absolute atomic E-state index is 12.7. The lowest BCUT2D eigenvalue weighted by molar-refractivity contribution is 0.0928. The molecule has 1 aromatic carbocycles. The minimum atomic E-state index is 0.0580. The molecule has 24 heavy (non-hydrogen) atoms. The molecule has 0 spiro atoms. The third-order valence-electron chi connectivity index (χ3n) is 5.04. The second-order valence-electron chi connectivity index (χ2n) is 6.91. The van der Waals surface area contributed by atoms with Gasteiger partial charge >= 0.3 is 0 Å². The van der Waals surface area contributed by atoms with E-state index < -0.39 is 0 Å². The molecule has 5 heteroatoms. The second kappa shape index (κ2) is 6.51. The van der Waals surface area contributed by atoms with Crippen molar-refractivity contribution >= 4 is 28.8 Å². The lowest BCUT2D eigenvalue weighted by atomic mass is 10.00. The van der Waals surface area contributed by atoms with Gasteiger partial charge in [-0.25, -0.2) is 0 Å². The monoisotopic (exact) mass is 360 g/mol. The molecule has 2 aromatic rings. The van der Waals surface area contributed by atoms with E-state index in [0.717, 1.165) is 38.7 Å². The normalized spacial score (nSPS) is 25.7. The van der Waals surface area contributed by atoms with E-state index in [0.29, 0.717) is 18.1 Å². The summed E-state index contributed by atoms with van der Waals surface area (Å²) in [4.78, 5) is 14.6. The highest BCUT2D eigenvalue weighted by molar-refractivity contribution is 7.17. The molecule has 2 unspecified atom stereocenters. The number of aryl methyl sites for hydroxylation is 1. The summed E-state index contributed by atoms with van der Waals surface area (Å²) in [7, 11) is 0. The van der Waals surface area contributed by atoms with Crippen LogP contribution >= 0.6 is 22.9 Å². The largest absolute Gasteiger partial charge is 0.348 e. The molecular formula is C19H21ClN2OS. The molecule has 1 aromatic heterocycles. The topological polar surface area (TPSA) is 41.1 Å². The lowest BCUT2D eigenvalue weighted by Crippen LogP contribution is -2.47. The third kappa shape index (κ3) is 3.23. The maximum atomic E-state index is 12.7. The average molecular weight is 361 g/mol. The average Bonchev–Trinajstić information content (AvgIpc) is 3.10. The van der Waals surface area contributed by atoms with E-state index in [1.165, 1.54) is 12.8 Å². The van der Waals surface area contributed by atoms with E-state index in [9.17, 15) is 4.79 Å². The Bertz CT molecular complexity index is 760. The molecule has 3 nitrogen and oxygen atoms in total. The predicted molar refractivity (Wildman–Crippen MR) is 99.9 cm³/mol. The van der Waals surface area contributed by atoms with Crippen LogP contribution in [0.4, 0.5) is 0 Å². The van der Waals surface area contributed by atoms with E-state index in [-0.39, 0.29) is 5.91 Å². The summed E-state index contributed by atoms with van der Waals surface area (Å²) < 4.78 is 0. The number of thiophene rings is 1. The number of rotatable bonds is 3. The van der Waals surface area contributed by atoms with Crippen molar-refractivity contribution in [2.75, 3.05) is 0 Å². The Morgan fingerprint density at radius 3 is 2.71 bits per heavy atom. The molecule has 3 heterocycles. The van der Waals surface area contributed by atoms with Crippen molar-refractivity contribution in [1.29, 1.82) is 0 Å². The third-order valence-corrected chi connectivity index (χ3v) is 6.56. The molecule has 4 rings (SSSR count). The van der Waals surface area contributed by atoms with E-state index in [1.54, 1.807) is 11.3 Å². The quantitative estimate of drug-likeness (QED) is 0.852. The van der Waals surface area contributed by atoms with Gasteiger partial charge in [-0.1, -0.05) is 23.7 Å². The van der Waals surface area contributed by atoms with Crippen LogP contribution in [0.1, 0.15) is 40.9 Å². The first kappa shape index (κ1) is 16.1. The number of nitrogens with one attached hydrogen (secondary N) is 2. The van der Waals surface area contributed by atoms with Crippen LogP contribution in [0.5, 0.6) is 0 Å². The summed E-state index contributed by atoms with van der Waals surface area (Å²) >= 11 is 7.65. The molecule has 2 bridgehead atoms. The molecular weight excluding hydrogens is 340 g/mol. The summed E-state index contributed by atoms with van der Waals surface area (Å²) in [5.41, 5.74) is 2.20. The van der Waals surface area contributed by atoms with Gasteiger partial charge < -0.3 is 10.6 Å². The van der Waals surface area contributed by atoms with Gasteiger partial charge in [-0.05, 0) is 61.9 Å². The summed E-state index contributed by atoms with van der Waals surface area (Å²) in [6, 6.07) is 11.3. The fraction of sp³-hybridized carbons (Fsp3) is 0.421. The summed E-state index contributed by atoms with van der Waals surface area (Å²) in [5, 5.41) is 7.58. The molecule has 2 atom stereocenters. The van der Waals surface area contributed by atoms with Crippen LogP contribution in [0.3, 0.4) is 0 Å². The first-order chi connectivity index (χ1) is 11.6. The Morgan fingerprint density at radius 1 is 1.25 bits per heavy atom. The van der Waals surface area contributed by atoms with Crippen LogP contribution in [-0.2, 0) is 0 Å². The van der Waals surface area contributed by atoms with Gasteiger partial charge in [0.2, 0.25) is 0 Å². The molecule has 126 valence electrons. The Kier molecular flexibility index (Phi) is 4.37. The molecule has 0 saturated carbocycles. The number of fused-ring (bicyclic) bond motifs is 2. The van der Waals surface area contributed by atoms with Gasteiger partial charge in [0, 0.05) is 28.0 Å². The van der Waals surface area contributed by atoms with E-state index in [2.05, 4.69) is 10.6 Å². The van der Waals surface area contributed by atoms with Crippen molar-refractivity contribution in [3.8, 4) is 10.4 Å². The molecule has 0 radical (unpaired) electrons. The number of hydrogen-bond acceptors (Lipinski definition) is 3. The van der Waals surface area contributed by atoms with Crippen LogP contribution in [-0.4, -0.2) is 24.0 Å². The number of benzene rings is 1. The summed E-state index contributed by atoms with van der Waals surface area (Å²) in [6.07, 6.45) is 4.59. The van der Waals surface area contributed by atoms with Crippen molar-refractivity contribution in [2.45, 2.75) is 50.7 Å². The Morgan fingerprint density at radius 2 is 2.00 bits per heavy atom. The SMILES string of the molecule is Cc1cc(C(=O)NC2CC3CCC(C2)N3)sc1-c1cccc(Cl)c1. The fourth-order valence-electron chi connectivity index (χ4n) is 3.94. The van der Waals surface area contributed by atoms with E-state index >= 15 is 0 Å². The predicted octanol–water partition coefficient (Wildman–Crippen LogP) is 4.39. The Labute approximate surface area is 151 Å². The Hall–Kier alpha value is -1.36. The highest BCUT2D eigenvalue weighted by Crippen LogP contribution is 2.34. The molecule has 0 aliphatic carbocycles. The van der Waals surface area contributed by atoms with Gasteiger partial charge in [0.15, 0.2) is 0 Å². The summed E-state index contributed by atoms with van der Waals surface area (Å²) in [6.45, 7) is 2.05. The van der Waals surface area contributed by atoms with E-state index in [1.807, 2.05) is 37.3 Å². The number of halogens is 1. The van der Waals surface area contributed by atoms with Crippen molar-refractivity contribution in [3.05, 3.63) is 45.8 Å². The van der Waals surface area contributed by atoms with Gasteiger partial charge in [0.25, 0.3) is 5.91 Å². The summed E-state index contributed by atoms with van der Waals surface area (Å²) in [5.74, 6) is 0.0580. The van der Waals surface area contributed by atoms with Crippen LogP contribution in [0.15, 0.2) is 30.3 Å². The number of amides is 1. The van der Waals surface area contributed by atoms with Crippen LogP contribution in [0.25, 0.3) is 10.4 Å². The number of piperidine rings is 1. The lowest BCUT2D eigenvalue weighted by Gasteiger charge is -2.29. The van der Waals surface area contributed by atoms with Gasteiger partial charge in [0.1, 0.15) is 0 Å². The van der Waals surface area contributed by atoms with E-state index in [4.69, 9.17) is 11.6 Å². The van der Waals surface area contributed by atoms with Gasteiger partial charge in [0.05, 0.1) is 4.88 Å². The zero-order valence-corrected chi connectivity index (χ0v) is 15.2. The molecule has 1 amide bonds.